The molecule has 1 N–H and O–H groups in total. The minimum Gasteiger partial charge on any atom is -0.477 e. The Balaban J connectivity index is 1.96. The SMILES string of the molecule is O=C(O)c1ccc(CN2CCS(=O)(=O)CC2)cn1. The molecule has 1 aromatic rings. The molecule has 0 amide bonds. The van der Waals surface area contributed by atoms with Gasteiger partial charge < -0.3 is 5.11 Å². The molecule has 0 atom stereocenters. The van der Waals surface area contributed by atoms with Crippen molar-refractivity contribution in [2.45, 2.75) is 6.54 Å². The summed E-state index contributed by atoms with van der Waals surface area (Å²) < 4.78 is 22.5. The number of nitrogens with zero attached hydrogens (tertiary/aromatic N) is 2. The first-order valence-corrected chi connectivity index (χ1v) is 7.39. The highest BCUT2D eigenvalue weighted by atomic mass is 32.2. The van der Waals surface area contributed by atoms with Crippen LogP contribution >= 0.6 is 0 Å². The number of carbonyl (C=O) groups is 1. The number of rotatable bonds is 3. The first-order chi connectivity index (χ1) is 8.46. The predicted octanol–water partition coefficient (Wildman–Crippen LogP) is 0.0102. The third-order valence-corrected chi connectivity index (χ3v) is 4.50. The maximum Gasteiger partial charge on any atom is 0.354 e. The van der Waals surface area contributed by atoms with E-state index in [4.69, 9.17) is 5.11 Å². The van der Waals surface area contributed by atoms with E-state index in [2.05, 4.69) is 4.98 Å². The molecule has 1 aromatic heterocycles. The van der Waals surface area contributed by atoms with E-state index < -0.39 is 15.8 Å². The molecule has 6 nitrogen and oxygen atoms in total. The van der Waals surface area contributed by atoms with Gasteiger partial charge in [-0.05, 0) is 11.6 Å². The van der Waals surface area contributed by atoms with Gasteiger partial charge in [-0.1, -0.05) is 6.07 Å². The number of carboxylic acids is 1. The van der Waals surface area contributed by atoms with E-state index in [1.165, 1.54) is 12.3 Å². The zero-order valence-electron chi connectivity index (χ0n) is 9.74. The molecule has 0 aliphatic carbocycles. The number of hydrogen-bond donors (Lipinski definition) is 1. The van der Waals surface area contributed by atoms with Crippen LogP contribution in [0, 0.1) is 0 Å². The molecule has 0 unspecified atom stereocenters. The Bertz CT molecular complexity index is 525. The summed E-state index contributed by atoms with van der Waals surface area (Å²) in [5.41, 5.74) is 0.902. The fourth-order valence-corrected chi connectivity index (χ4v) is 3.09. The third kappa shape index (κ3) is 3.27. The molecule has 7 heteroatoms. The van der Waals surface area contributed by atoms with Crippen LogP contribution in [0.1, 0.15) is 16.1 Å². The topological polar surface area (TPSA) is 87.6 Å². The monoisotopic (exact) mass is 270 g/mol. The second kappa shape index (κ2) is 5.03. The van der Waals surface area contributed by atoms with Gasteiger partial charge in [0.25, 0.3) is 0 Å². The smallest absolute Gasteiger partial charge is 0.354 e. The molecule has 0 spiro atoms. The second-order valence-electron chi connectivity index (χ2n) is 4.28. The third-order valence-electron chi connectivity index (χ3n) is 2.89. The van der Waals surface area contributed by atoms with E-state index in [9.17, 15) is 13.2 Å². The zero-order chi connectivity index (χ0) is 13.2. The van der Waals surface area contributed by atoms with Crippen molar-refractivity contribution in [3.8, 4) is 0 Å². The summed E-state index contributed by atoms with van der Waals surface area (Å²) in [4.78, 5) is 16.5. The quantitative estimate of drug-likeness (QED) is 0.832. The number of aromatic nitrogens is 1. The Morgan fingerprint density at radius 3 is 2.50 bits per heavy atom. The van der Waals surface area contributed by atoms with E-state index in [0.29, 0.717) is 19.6 Å². The molecule has 2 heterocycles. The van der Waals surface area contributed by atoms with Crippen LogP contribution in [0.15, 0.2) is 18.3 Å². The largest absolute Gasteiger partial charge is 0.477 e. The number of hydrogen-bond acceptors (Lipinski definition) is 5. The molecule has 1 aliphatic heterocycles. The van der Waals surface area contributed by atoms with Gasteiger partial charge in [0.2, 0.25) is 0 Å². The molecular weight excluding hydrogens is 256 g/mol. The molecular formula is C11H14N2O4S. The van der Waals surface area contributed by atoms with Gasteiger partial charge in [0.1, 0.15) is 5.69 Å². The van der Waals surface area contributed by atoms with Gasteiger partial charge in [-0.15, -0.1) is 0 Å². The minimum atomic E-state index is -2.86. The van der Waals surface area contributed by atoms with Crippen molar-refractivity contribution in [2.75, 3.05) is 24.6 Å². The van der Waals surface area contributed by atoms with E-state index in [-0.39, 0.29) is 17.2 Å². The van der Waals surface area contributed by atoms with Crippen molar-refractivity contribution in [1.29, 1.82) is 0 Å². The highest BCUT2D eigenvalue weighted by molar-refractivity contribution is 7.91. The van der Waals surface area contributed by atoms with E-state index >= 15 is 0 Å². The summed E-state index contributed by atoms with van der Waals surface area (Å²) >= 11 is 0. The fourth-order valence-electron chi connectivity index (χ4n) is 1.81. The van der Waals surface area contributed by atoms with Crippen LogP contribution in [-0.4, -0.2) is 54.0 Å². The number of aromatic carboxylic acids is 1. The Morgan fingerprint density at radius 2 is 2.00 bits per heavy atom. The Labute approximate surface area is 105 Å². The van der Waals surface area contributed by atoms with Gasteiger partial charge in [0, 0.05) is 25.8 Å². The average Bonchev–Trinajstić information content (AvgIpc) is 2.33. The standard InChI is InChI=1S/C11H14N2O4S/c14-11(15)10-2-1-9(7-12-10)8-13-3-5-18(16,17)6-4-13/h1-2,7H,3-6,8H2,(H,14,15). The maximum atomic E-state index is 11.3. The molecule has 1 aliphatic rings. The van der Waals surface area contributed by atoms with E-state index in [0.717, 1.165) is 5.56 Å². The predicted molar refractivity (Wildman–Crippen MR) is 65.1 cm³/mol. The Morgan fingerprint density at radius 1 is 1.33 bits per heavy atom. The second-order valence-corrected chi connectivity index (χ2v) is 6.59. The highest BCUT2D eigenvalue weighted by Crippen LogP contribution is 2.09. The summed E-state index contributed by atoms with van der Waals surface area (Å²) in [6, 6.07) is 3.16. The molecule has 0 bridgehead atoms. The Hall–Kier alpha value is -1.47. The van der Waals surface area contributed by atoms with Crippen LogP contribution < -0.4 is 0 Å². The van der Waals surface area contributed by atoms with Gasteiger partial charge in [-0.3, -0.25) is 4.90 Å². The molecule has 0 radical (unpaired) electrons. The first kappa shape index (κ1) is 13.0. The van der Waals surface area contributed by atoms with Gasteiger partial charge in [-0.2, -0.15) is 0 Å². The number of carboxylic acid groups (broad SMARTS) is 1. The van der Waals surface area contributed by atoms with Crippen LogP contribution in [0.2, 0.25) is 0 Å². The van der Waals surface area contributed by atoms with Crippen LogP contribution in [0.3, 0.4) is 0 Å². The summed E-state index contributed by atoms with van der Waals surface area (Å²) in [5.74, 6) is -0.674. The fraction of sp³-hybridized carbons (Fsp3) is 0.455. The van der Waals surface area contributed by atoms with Gasteiger partial charge in [-0.25, -0.2) is 18.2 Å². The summed E-state index contributed by atoms with van der Waals surface area (Å²) in [5, 5.41) is 8.72. The molecule has 18 heavy (non-hydrogen) atoms. The van der Waals surface area contributed by atoms with Crippen LogP contribution in [0.5, 0.6) is 0 Å². The maximum absolute atomic E-state index is 11.3. The normalized spacial score (nSPS) is 19.6. The highest BCUT2D eigenvalue weighted by Gasteiger charge is 2.21. The van der Waals surface area contributed by atoms with Gasteiger partial charge >= 0.3 is 5.97 Å². The zero-order valence-corrected chi connectivity index (χ0v) is 10.6. The van der Waals surface area contributed by atoms with Crippen LogP contribution in [0.25, 0.3) is 0 Å². The molecule has 2 rings (SSSR count). The minimum absolute atomic E-state index is 0.0139. The summed E-state index contributed by atoms with van der Waals surface area (Å²) in [7, 11) is -2.86. The first-order valence-electron chi connectivity index (χ1n) is 5.57. The van der Waals surface area contributed by atoms with Crippen LogP contribution in [0.4, 0.5) is 0 Å². The van der Waals surface area contributed by atoms with Gasteiger partial charge in [0.15, 0.2) is 9.84 Å². The molecule has 0 saturated carbocycles. The van der Waals surface area contributed by atoms with Crippen molar-refractivity contribution in [1.82, 2.24) is 9.88 Å². The lowest BCUT2D eigenvalue weighted by atomic mass is 10.2. The number of sulfone groups is 1. The van der Waals surface area contributed by atoms with Gasteiger partial charge in [0.05, 0.1) is 11.5 Å². The van der Waals surface area contributed by atoms with E-state index in [1.54, 1.807) is 6.07 Å². The molecule has 98 valence electrons. The molecule has 1 saturated heterocycles. The average molecular weight is 270 g/mol. The Kier molecular flexibility index (Phi) is 3.63. The lowest BCUT2D eigenvalue weighted by molar-refractivity contribution is 0.0690. The van der Waals surface area contributed by atoms with Crippen molar-refractivity contribution in [2.24, 2.45) is 0 Å². The van der Waals surface area contributed by atoms with Crippen LogP contribution in [-0.2, 0) is 16.4 Å². The molecule has 1 fully saturated rings. The molecule has 0 aromatic carbocycles. The summed E-state index contributed by atoms with van der Waals surface area (Å²) in [6.45, 7) is 1.63. The van der Waals surface area contributed by atoms with Crippen molar-refractivity contribution < 1.29 is 18.3 Å². The number of pyridine rings is 1. The lowest BCUT2D eigenvalue weighted by Crippen LogP contribution is -2.39. The van der Waals surface area contributed by atoms with Crippen molar-refractivity contribution in [3.05, 3.63) is 29.6 Å². The van der Waals surface area contributed by atoms with Crippen molar-refractivity contribution in [3.63, 3.8) is 0 Å². The lowest BCUT2D eigenvalue weighted by Gasteiger charge is -2.26. The van der Waals surface area contributed by atoms with Crippen molar-refractivity contribution >= 4 is 15.8 Å². The van der Waals surface area contributed by atoms with E-state index in [1.807, 2.05) is 4.90 Å². The summed E-state index contributed by atoms with van der Waals surface area (Å²) in [6.07, 6.45) is 1.52.